The van der Waals surface area contributed by atoms with Gasteiger partial charge in [0.25, 0.3) is 0 Å². The van der Waals surface area contributed by atoms with Crippen LogP contribution in [0, 0.1) is 11.8 Å². The van der Waals surface area contributed by atoms with Gasteiger partial charge in [-0.2, -0.15) is 0 Å². The lowest BCUT2D eigenvalue weighted by Gasteiger charge is -2.33. The second-order valence-corrected chi connectivity index (χ2v) is 10.2. The largest absolute Gasteiger partial charge is 0.342 e. The number of benzene rings is 1. The summed E-state index contributed by atoms with van der Waals surface area (Å²) >= 11 is 9.66. The molecular formula is C20H24ClN3O2S2. The van der Waals surface area contributed by atoms with Gasteiger partial charge in [-0.3, -0.25) is 14.6 Å². The SMILES string of the molecule is O=C([C@@H]1CC(=O)N(c2ccc(Cl)cc2)C1)N1CCC(CSC2=NCCS2)CC1. The molecule has 4 rings (SSSR count). The highest BCUT2D eigenvalue weighted by Crippen LogP contribution is 2.30. The van der Waals surface area contributed by atoms with Gasteiger partial charge < -0.3 is 9.80 Å². The van der Waals surface area contributed by atoms with Gasteiger partial charge in [-0.05, 0) is 43.0 Å². The topological polar surface area (TPSA) is 53.0 Å². The number of rotatable bonds is 4. The van der Waals surface area contributed by atoms with Crippen molar-refractivity contribution in [3.05, 3.63) is 29.3 Å². The molecule has 0 aromatic heterocycles. The molecule has 2 fully saturated rings. The van der Waals surface area contributed by atoms with E-state index in [1.165, 1.54) is 4.38 Å². The van der Waals surface area contributed by atoms with Crippen molar-refractivity contribution in [2.24, 2.45) is 16.8 Å². The summed E-state index contributed by atoms with van der Waals surface area (Å²) in [5, 5.41) is 0.641. The number of halogens is 1. The predicted octanol–water partition coefficient (Wildman–Crippen LogP) is 3.77. The van der Waals surface area contributed by atoms with Gasteiger partial charge in [0.2, 0.25) is 11.8 Å². The van der Waals surface area contributed by atoms with Gasteiger partial charge in [-0.1, -0.05) is 35.1 Å². The Bertz CT molecular complexity index is 763. The zero-order chi connectivity index (χ0) is 19.5. The van der Waals surface area contributed by atoms with Crippen LogP contribution in [-0.4, -0.2) is 58.8 Å². The number of hydrogen-bond acceptors (Lipinski definition) is 5. The minimum atomic E-state index is -0.238. The quantitative estimate of drug-likeness (QED) is 0.719. The molecule has 3 aliphatic rings. The Morgan fingerprint density at radius 2 is 2.00 bits per heavy atom. The number of aliphatic imine (C=N–C) groups is 1. The fourth-order valence-electron chi connectivity index (χ4n) is 3.91. The molecular weight excluding hydrogens is 414 g/mol. The summed E-state index contributed by atoms with van der Waals surface area (Å²) in [5.41, 5.74) is 0.813. The minimum absolute atomic E-state index is 0.0156. The van der Waals surface area contributed by atoms with E-state index in [4.69, 9.17) is 11.6 Å². The van der Waals surface area contributed by atoms with Crippen LogP contribution in [-0.2, 0) is 9.59 Å². The van der Waals surface area contributed by atoms with Crippen LogP contribution in [0.15, 0.2) is 29.3 Å². The van der Waals surface area contributed by atoms with Crippen LogP contribution in [0.1, 0.15) is 19.3 Å². The molecule has 8 heteroatoms. The van der Waals surface area contributed by atoms with Crippen LogP contribution >= 0.6 is 35.1 Å². The molecule has 0 N–H and O–H groups in total. The first kappa shape index (κ1) is 20.1. The Kier molecular flexibility index (Phi) is 6.53. The molecule has 0 radical (unpaired) electrons. The first-order valence-electron chi connectivity index (χ1n) is 9.75. The number of nitrogens with zero attached hydrogens (tertiary/aromatic N) is 3. The summed E-state index contributed by atoms with van der Waals surface area (Å²) in [4.78, 5) is 33.5. The van der Waals surface area contributed by atoms with E-state index >= 15 is 0 Å². The summed E-state index contributed by atoms with van der Waals surface area (Å²) in [6.07, 6.45) is 2.38. The second-order valence-electron chi connectivity index (χ2n) is 7.46. The third-order valence-corrected chi connectivity index (χ3v) is 8.27. The maximum absolute atomic E-state index is 12.9. The highest BCUT2D eigenvalue weighted by Gasteiger charge is 2.38. The lowest BCUT2D eigenvalue weighted by Crippen LogP contribution is -2.42. The van der Waals surface area contributed by atoms with Crippen LogP contribution in [0.4, 0.5) is 5.69 Å². The number of amides is 2. The lowest BCUT2D eigenvalue weighted by atomic mass is 9.97. The summed E-state index contributed by atoms with van der Waals surface area (Å²) in [7, 11) is 0. The Morgan fingerprint density at radius 1 is 1.25 bits per heavy atom. The van der Waals surface area contributed by atoms with E-state index in [0.717, 1.165) is 49.7 Å². The highest BCUT2D eigenvalue weighted by atomic mass is 35.5. The zero-order valence-corrected chi connectivity index (χ0v) is 18.1. The molecule has 0 aliphatic carbocycles. The third-order valence-electron chi connectivity index (χ3n) is 5.54. The molecule has 0 bridgehead atoms. The van der Waals surface area contributed by atoms with Gasteiger partial charge >= 0.3 is 0 Å². The Labute approximate surface area is 179 Å². The molecule has 3 aliphatic heterocycles. The number of hydrogen-bond donors (Lipinski definition) is 0. The average Bonchev–Trinajstić information content (AvgIpc) is 3.37. The van der Waals surface area contributed by atoms with E-state index in [2.05, 4.69) is 4.99 Å². The maximum Gasteiger partial charge on any atom is 0.228 e. The zero-order valence-electron chi connectivity index (χ0n) is 15.7. The van der Waals surface area contributed by atoms with Crippen LogP contribution in [0.2, 0.25) is 5.02 Å². The van der Waals surface area contributed by atoms with E-state index in [1.807, 2.05) is 40.6 Å². The normalized spacial score (nSPS) is 23.4. The summed E-state index contributed by atoms with van der Waals surface area (Å²) < 4.78 is 1.23. The van der Waals surface area contributed by atoms with E-state index in [0.29, 0.717) is 23.9 Å². The maximum atomic E-state index is 12.9. The third kappa shape index (κ3) is 4.69. The fraction of sp³-hybridized carbons (Fsp3) is 0.550. The predicted molar refractivity (Wildman–Crippen MR) is 118 cm³/mol. The molecule has 0 spiro atoms. The molecule has 3 heterocycles. The number of likely N-dealkylation sites (tertiary alicyclic amines) is 1. The molecule has 2 saturated heterocycles. The molecule has 150 valence electrons. The van der Waals surface area contributed by atoms with Crippen LogP contribution in [0.5, 0.6) is 0 Å². The summed E-state index contributed by atoms with van der Waals surface area (Å²) in [6.45, 7) is 3.02. The summed E-state index contributed by atoms with van der Waals surface area (Å²) in [6, 6.07) is 7.22. The first-order chi connectivity index (χ1) is 13.6. The standard InChI is InChI=1S/C20H24ClN3O2S2/c21-16-1-3-17(4-2-16)24-12-15(11-18(24)25)19(26)23-8-5-14(6-9-23)13-28-20-22-7-10-27-20/h1-4,14-15H,5-13H2/t15-/m1/s1. The number of piperidine rings is 1. The molecule has 2 amide bonds. The monoisotopic (exact) mass is 437 g/mol. The Hall–Kier alpha value is -1.18. The van der Waals surface area contributed by atoms with Crippen molar-refractivity contribution in [2.45, 2.75) is 19.3 Å². The van der Waals surface area contributed by atoms with Crippen LogP contribution in [0.25, 0.3) is 0 Å². The van der Waals surface area contributed by atoms with E-state index < -0.39 is 0 Å². The van der Waals surface area contributed by atoms with Gasteiger partial charge in [0.05, 0.1) is 12.5 Å². The van der Waals surface area contributed by atoms with Gasteiger partial charge in [-0.15, -0.1) is 0 Å². The summed E-state index contributed by atoms with van der Waals surface area (Å²) in [5.74, 6) is 2.77. The fourth-order valence-corrected chi connectivity index (χ4v) is 6.26. The average molecular weight is 438 g/mol. The molecule has 5 nitrogen and oxygen atoms in total. The van der Waals surface area contributed by atoms with Crippen LogP contribution in [0.3, 0.4) is 0 Å². The molecule has 1 atom stereocenters. The van der Waals surface area contributed by atoms with Gasteiger partial charge in [0.15, 0.2) is 0 Å². The van der Waals surface area contributed by atoms with Crippen molar-refractivity contribution >= 4 is 57.0 Å². The number of carbonyl (C=O) groups excluding carboxylic acids is 2. The van der Waals surface area contributed by atoms with Crippen molar-refractivity contribution in [3.63, 3.8) is 0 Å². The van der Waals surface area contributed by atoms with Crippen molar-refractivity contribution < 1.29 is 9.59 Å². The van der Waals surface area contributed by atoms with Crippen LogP contribution < -0.4 is 4.90 Å². The van der Waals surface area contributed by atoms with Crippen molar-refractivity contribution in [3.8, 4) is 0 Å². The van der Waals surface area contributed by atoms with Crippen molar-refractivity contribution in [1.29, 1.82) is 0 Å². The van der Waals surface area contributed by atoms with Crippen molar-refractivity contribution in [1.82, 2.24) is 4.90 Å². The Balaban J connectivity index is 1.27. The number of anilines is 1. The molecule has 1 aromatic rings. The molecule has 0 unspecified atom stereocenters. The van der Waals surface area contributed by atoms with Gasteiger partial charge in [-0.25, -0.2) is 0 Å². The first-order valence-corrected chi connectivity index (χ1v) is 12.1. The van der Waals surface area contributed by atoms with Gasteiger partial charge in [0.1, 0.15) is 4.38 Å². The van der Waals surface area contributed by atoms with Crippen molar-refractivity contribution in [2.75, 3.05) is 42.6 Å². The van der Waals surface area contributed by atoms with E-state index in [9.17, 15) is 9.59 Å². The molecule has 1 aromatic carbocycles. The van der Waals surface area contributed by atoms with E-state index in [1.54, 1.807) is 17.0 Å². The smallest absolute Gasteiger partial charge is 0.228 e. The number of carbonyl (C=O) groups is 2. The Morgan fingerprint density at radius 3 is 2.68 bits per heavy atom. The molecule has 0 saturated carbocycles. The van der Waals surface area contributed by atoms with Gasteiger partial charge in [0, 0.05) is 48.3 Å². The minimum Gasteiger partial charge on any atom is -0.342 e. The second kappa shape index (κ2) is 9.09. The van der Waals surface area contributed by atoms with E-state index in [-0.39, 0.29) is 17.7 Å². The molecule has 28 heavy (non-hydrogen) atoms. The lowest BCUT2D eigenvalue weighted by molar-refractivity contribution is -0.137. The number of thioether (sulfide) groups is 2. The highest BCUT2D eigenvalue weighted by molar-refractivity contribution is 8.39.